The third-order valence-electron chi connectivity index (χ3n) is 9.07. The van der Waals surface area contributed by atoms with Gasteiger partial charge < -0.3 is 4.42 Å². The Morgan fingerprint density at radius 1 is 0.404 bits per heavy atom. The first-order valence-corrected chi connectivity index (χ1v) is 18.1. The van der Waals surface area contributed by atoms with E-state index in [0.29, 0.717) is 5.56 Å². The fourth-order valence-corrected chi connectivity index (χ4v) is 9.82. The van der Waals surface area contributed by atoms with E-state index in [1.165, 1.54) is 36.4 Å². The second kappa shape index (κ2) is 10.00. The first kappa shape index (κ1) is 27.8. The summed E-state index contributed by atoms with van der Waals surface area (Å²) < 4.78 is 62.0. The van der Waals surface area contributed by atoms with Gasteiger partial charge in [0.05, 0.1) is 19.6 Å². The summed E-state index contributed by atoms with van der Waals surface area (Å²) in [6, 6.07) is 43.0. The molecule has 0 atom stereocenters. The van der Waals surface area contributed by atoms with Crippen molar-refractivity contribution in [3.8, 4) is 33.4 Å². The van der Waals surface area contributed by atoms with E-state index in [9.17, 15) is 16.8 Å². The second-order valence-electron chi connectivity index (χ2n) is 11.7. The smallest absolute Gasteiger partial charge is 0.207 e. The van der Waals surface area contributed by atoms with E-state index in [1.807, 2.05) is 54.6 Å². The molecular weight excluding hydrogens is 625 g/mol. The van der Waals surface area contributed by atoms with Gasteiger partial charge in [0.1, 0.15) is 11.2 Å². The number of hydrogen-bond acceptors (Lipinski definition) is 5. The van der Waals surface area contributed by atoms with E-state index in [4.69, 9.17) is 4.42 Å². The highest BCUT2D eigenvalue weighted by atomic mass is 32.2. The molecule has 47 heavy (non-hydrogen) atoms. The van der Waals surface area contributed by atoms with E-state index in [1.54, 1.807) is 30.3 Å². The van der Waals surface area contributed by atoms with Gasteiger partial charge in [0.25, 0.3) is 0 Å². The highest BCUT2D eigenvalue weighted by Gasteiger charge is 2.30. The van der Waals surface area contributed by atoms with Gasteiger partial charge in [0.2, 0.25) is 19.7 Å². The minimum atomic E-state index is -4.16. The molecule has 0 aliphatic heterocycles. The highest BCUT2D eigenvalue weighted by molar-refractivity contribution is 7.92. The lowest BCUT2D eigenvalue weighted by atomic mass is 9.92. The van der Waals surface area contributed by atoms with Gasteiger partial charge in [-0.3, -0.25) is 0 Å². The van der Waals surface area contributed by atoms with Crippen LogP contribution in [0.25, 0.3) is 66.1 Å². The lowest BCUT2D eigenvalue weighted by Gasteiger charge is -2.16. The second-order valence-corrected chi connectivity index (χ2v) is 15.5. The van der Waals surface area contributed by atoms with Crippen LogP contribution in [0.3, 0.4) is 0 Å². The van der Waals surface area contributed by atoms with Crippen molar-refractivity contribution >= 4 is 52.4 Å². The minimum Gasteiger partial charge on any atom is -0.456 e. The van der Waals surface area contributed by atoms with Gasteiger partial charge in [-0.2, -0.15) is 0 Å². The maximum absolute atomic E-state index is 14.4. The third-order valence-corrected chi connectivity index (χ3v) is 12.6. The number of para-hydroxylation sites is 1. The van der Waals surface area contributed by atoms with E-state index in [0.717, 1.165) is 60.5 Å². The average Bonchev–Trinajstić information content (AvgIpc) is 3.64. The number of rotatable bonds is 5. The molecule has 1 aliphatic rings. The number of hydrogen-bond donors (Lipinski definition) is 0. The van der Waals surface area contributed by atoms with Gasteiger partial charge >= 0.3 is 0 Å². The predicted octanol–water partition coefficient (Wildman–Crippen LogP) is 9.72. The summed E-state index contributed by atoms with van der Waals surface area (Å²) in [4.78, 5) is 0.0297. The van der Waals surface area contributed by atoms with Gasteiger partial charge in [-0.05, 0) is 93.2 Å². The lowest BCUT2D eigenvalue weighted by molar-refractivity contribution is 0.594. The van der Waals surface area contributed by atoms with Crippen LogP contribution in [0.5, 0.6) is 0 Å². The summed E-state index contributed by atoms with van der Waals surface area (Å²) in [5, 5.41) is 4.12. The SMILES string of the molecule is O=S(=O)(c1ccccc1)c1cccc(S(=O)(=O)c2ccccc2-c2ccc3cccc4c3c2-c2cc3c(cc2-4)oc2ccccc23)c1. The first-order valence-electron chi connectivity index (χ1n) is 15.1. The van der Waals surface area contributed by atoms with Crippen molar-refractivity contribution < 1.29 is 21.3 Å². The Hall–Kier alpha value is -5.50. The van der Waals surface area contributed by atoms with Crippen LogP contribution in [0.4, 0.5) is 0 Å². The monoisotopic (exact) mass is 648 g/mol. The molecule has 9 rings (SSSR count). The van der Waals surface area contributed by atoms with Crippen LogP contribution in [0.2, 0.25) is 0 Å². The molecule has 8 aromatic rings. The zero-order chi connectivity index (χ0) is 31.9. The molecular formula is C40H24O5S2. The summed E-state index contributed by atoms with van der Waals surface area (Å²) >= 11 is 0. The van der Waals surface area contributed by atoms with Gasteiger partial charge in [0.15, 0.2) is 0 Å². The standard InChI is InChI=1S/C40H24O5S2/c41-46(42,26-11-2-1-3-12-26)27-13-9-14-28(22-27)47(43,44)38-19-7-5-16-30(38)32-21-20-25-10-8-17-31-33-24-37-34(23-35(33)40(32)39(25)31)29-15-4-6-18-36(29)45-37/h1-24H. The molecule has 0 spiro atoms. The Morgan fingerprint density at radius 3 is 1.94 bits per heavy atom. The molecule has 0 saturated carbocycles. The molecule has 0 bridgehead atoms. The number of furan rings is 1. The molecule has 1 heterocycles. The first-order chi connectivity index (χ1) is 22.8. The molecule has 0 fully saturated rings. The van der Waals surface area contributed by atoms with Gasteiger partial charge in [-0.15, -0.1) is 0 Å². The van der Waals surface area contributed by atoms with Crippen LogP contribution in [-0.2, 0) is 19.7 Å². The normalized spacial score (nSPS) is 12.6. The van der Waals surface area contributed by atoms with Crippen LogP contribution in [-0.4, -0.2) is 16.8 Å². The fourth-order valence-electron chi connectivity index (χ4n) is 6.90. The molecule has 7 heteroatoms. The average molecular weight is 649 g/mol. The van der Waals surface area contributed by atoms with Crippen LogP contribution in [0, 0.1) is 0 Å². The minimum absolute atomic E-state index is 0.0820. The summed E-state index contributed by atoms with van der Waals surface area (Å²) in [6.45, 7) is 0. The molecule has 5 nitrogen and oxygen atoms in total. The fraction of sp³-hybridized carbons (Fsp3) is 0. The summed E-state index contributed by atoms with van der Waals surface area (Å²) in [5.41, 5.74) is 7.00. The Balaban J connectivity index is 1.26. The number of benzene rings is 7. The van der Waals surface area contributed by atoms with Crippen molar-refractivity contribution in [2.45, 2.75) is 19.6 Å². The Kier molecular flexibility index (Phi) is 5.91. The Morgan fingerprint density at radius 2 is 1.09 bits per heavy atom. The third kappa shape index (κ3) is 4.07. The van der Waals surface area contributed by atoms with Crippen molar-refractivity contribution in [2.24, 2.45) is 0 Å². The Bertz CT molecular complexity index is 2820. The maximum Gasteiger partial charge on any atom is 0.207 e. The van der Waals surface area contributed by atoms with Crippen molar-refractivity contribution in [1.82, 2.24) is 0 Å². The molecule has 7 aromatic carbocycles. The Labute approximate surface area is 271 Å². The van der Waals surface area contributed by atoms with Crippen molar-refractivity contribution in [2.75, 3.05) is 0 Å². The quantitative estimate of drug-likeness (QED) is 0.186. The van der Waals surface area contributed by atoms with E-state index in [2.05, 4.69) is 24.3 Å². The van der Waals surface area contributed by atoms with Crippen molar-refractivity contribution in [3.63, 3.8) is 0 Å². The summed E-state index contributed by atoms with van der Waals surface area (Å²) in [5.74, 6) is 0. The van der Waals surface area contributed by atoms with Crippen molar-refractivity contribution in [1.29, 1.82) is 0 Å². The molecule has 0 N–H and O–H groups in total. The predicted molar refractivity (Wildman–Crippen MR) is 185 cm³/mol. The van der Waals surface area contributed by atoms with E-state index >= 15 is 0 Å². The molecule has 0 radical (unpaired) electrons. The van der Waals surface area contributed by atoms with Gasteiger partial charge in [-0.1, -0.05) is 91.0 Å². The van der Waals surface area contributed by atoms with Crippen LogP contribution in [0.1, 0.15) is 0 Å². The van der Waals surface area contributed by atoms with Crippen molar-refractivity contribution in [3.05, 3.63) is 146 Å². The zero-order valence-corrected chi connectivity index (χ0v) is 26.3. The lowest BCUT2D eigenvalue weighted by Crippen LogP contribution is -2.07. The molecule has 226 valence electrons. The molecule has 1 aliphatic carbocycles. The summed E-state index contributed by atoms with van der Waals surface area (Å²) in [7, 11) is -8.08. The summed E-state index contributed by atoms with van der Waals surface area (Å²) in [6.07, 6.45) is 0. The zero-order valence-electron chi connectivity index (χ0n) is 24.7. The van der Waals surface area contributed by atoms with Crippen LogP contribution < -0.4 is 0 Å². The molecule has 0 amide bonds. The van der Waals surface area contributed by atoms with Crippen LogP contribution in [0.15, 0.2) is 170 Å². The maximum atomic E-state index is 14.4. The molecule has 0 saturated heterocycles. The number of fused-ring (bicyclic) bond motifs is 6. The van der Waals surface area contributed by atoms with Crippen LogP contribution >= 0.6 is 0 Å². The molecule has 0 unspecified atom stereocenters. The largest absolute Gasteiger partial charge is 0.456 e. The van der Waals surface area contributed by atoms with E-state index in [-0.39, 0.29) is 19.6 Å². The van der Waals surface area contributed by atoms with Gasteiger partial charge in [-0.25, -0.2) is 16.8 Å². The number of sulfone groups is 2. The highest BCUT2D eigenvalue weighted by Crippen LogP contribution is 2.53. The van der Waals surface area contributed by atoms with Gasteiger partial charge in [0, 0.05) is 16.3 Å². The van der Waals surface area contributed by atoms with E-state index < -0.39 is 19.7 Å². The molecule has 1 aromatic heterocycles. The topological polar surface area (TPSA) is 81.4 Å².